The lowest BCUT2D eigenvalue weighted by atomic mass is 9.95. The fourth-order valence-electron chi connectivity index (χ4n) is 1.82. The van der Waals surface area contributed by atoms with Crippen LogP contribution in [0.2, 0.25) is 0 Å². The van der Waals surface area contributed by atoms with E-state index in [1.165, 1.54) is 16.7 Å². The van der Waals surface area contributed by atoms with Gasteiger partial charge < -0.3 is 0 Å². The smallest absolute Gasteiger partial charge is 0.00881 e. The second kappa shape index (κ2) is 4.99. The Morgan fingerprint density at radius 1 is 1.14 bits per heavy atom. The highest BCUT2D eigenvalue weighted by Crippen LogP contribution is 2.27. The van der Waals surface area contributed by atoms with Gasteiger partial charge in [-0.05, 0) is 29.0 Å². The van der Waals surface area contributed by atoms with Gasteiger partial charge in [0.25, 0.3) is 0 Å². The third-order valence-corrected chi connectivity index (χ3v) is 2.47. The Hall–Kier alpha value is -1.04. The molecule has 0 N–H and O–H groups in total. The molecule has 0 spiro atoms. The molecule has 0 bridgehead atoms. The lowest BCUT2D eigenvalue weighted by Crippen LogP contribution is -1.93. The van der Waals surface area contributed by atoms with Crippen molar-refractivity contribution < 1.29 is 0 Å². The van der Waals surface area contributed by atoms with Crippen LogP contribution in [0.4, 0.5) is 0 Å². The van der Waals surface area contributed by atoms with Crippen molar-refractivity contribution in [3.8, 4) is 0 Å². The molecule has 0 atom stereocenters. The molecule has 0 fully saturated rings. The van der Waals surface area contributed by atoms with Gasteiger partial charge in [0.15, 0.2) is 0 Å². The molecule has 0 radical (unpaired) electrons. The molecule has 0 nitrogen and oxygen atoms in total. The standard InChI is InChI=1S/C12H14.C2H6/c1-9(2)11-7-3-5-10-6-4-8-12(10)11;1-2/h3-5,7-9H,6H2,1-2H3;1-2H3. The van der Waals surface area contributed by atoms with Crippen LogP contribution in [-0.2, 0) is 6.42 Å². The molecule has 1 aromatic rings. The van der Waals surface area contributed by atoms with Gasteiger partial charge in [0.05, 0.1) is 0 Å². The minimum Gasteiger partial charge on any atom is -0.0795 e. The second-order valence-corrected chi connectivity index (χ2v) is 3.68. The van der Waals surface area contributed by atoms with Crippen molar-refractivity contribution in [2.24, 2.45) is 0 Å². The van der Waals surface area contributed by atoms with E-state index in [2.05, 4.69) is 44.2 Å². The highest BCUT2D eigenvalue weighted by molar-refractivity contribution is 5.63. The zero-order valence-corrected chi connectivity index (χ0v) is 9.67. The van der Waals surface area contributed by atoms with Gasteiger partial charge in [0.1, 0.15) is 0 Å². The number of fused-ring (bicyclic) bond motifs is 1. The van der Waals surface area contributed by atoms with Gasteiger partial charge >= 0.3 is 0 Å². The zero-order valence-electron chi connectivity index (χ0n) is 9.67. The van der Waals surface area contributed by atoms with E-state index in [0.717, 1.165) is 6.42 Å². The van der Waals surface area contributed by atoms with E-state index in [-0.39, 0.29) is 0 Å². The molecule has 76 valence electrons. The van der Waals surface area contributed by atoms with Crippen LogP contribution in [-0.4, -0.2) is 0 Å². The maximum atomic E-state index is 2.25. The molecule has 0 aromatic heterocycles. The fraction of sp³-hybridized carbons (Fsp3) is 0.429. The van der Waals surface area contributed by atoms with Gasteiger partial charge in [-0.1, -0.05) is 58.0 Å². The van der Waals surface area contributed by atoms with E-state index in [1.807, 2.05) is 13.8 Å². The van der Waals surface area contributed by atoms with E-state index >= 15 is 0 Å². The molecular formula is C14H20. The Morgan fingerprint density at radius 3 is 2.50 bits per heavy atom. The summed E-state index contributed by atoms with van der Waals surface area (Å²) in [7, 11) is 0. The lowest BCUT2D eigenvalue weighted by Gasteiger charge is -2.10. The van der Waals surface area contributed by atoms with Crippen molar-refractivity contribution in [1.29, 1.82) is 0 Å². The fourth-order valence-corrected chi connectivity index (χ4v) is 1.82. The average Bonchev–Trinajstić information content (AvgIpc) is 2.67. The highest BCUT2D eigenvalue weighted by atomic mass is 14.2. The molecule has 0 amide bonds. The number of allylic oxidation sites excluding steroid dienone is 1. The van der Waals surface area contributed by atoms with Crippen LogP contribution in [0.15, 0.2) is 24.3 Å². The molecule has 0 unspecified atom stereocenters. The van der Waals surface area contributed by atoms with Crippen molar-refractivity contribution in [3.05, 3.63) is 41.0 Å². The predicted molar refractivity (Wildman–Crippen MR) is 64.6 cm³/mol. The first-order valence-electron chi connectivity index (χ1n) is 5.57. The van der Waals surface area contributed by atoms with Crippen LogP contribution in [0.3, 0.4) is 0 Å². The summed E-state index contributed by atoms with van der Waals surface area (Å²) in [5.74, 6) is 0.641. The first-order chi connectivity index (χ1) is 6.79. The van der Waals surface area contributed by atoms with E-state index in [0.29, 0.717) is 5.92 Å². The minimum atomic E-state index is 0.641. The molecule has 0 aliphatic heterocycles. The minimum absolute atomic E-state index is 0.641. The summed E-state index contributed by atoms with van der Waals surface area (Å²) >= 11 is 0. The van der Waals surface area contributed by atoms with Crippen molar-refractivity contribution >= 4 is 6.08 Å². The van der Waals surface area contributed by atoms with Crippen LogP contribution in [0.1, 0.15) is 50.3 Å². The quantitative estimate of drug-likeness (QED) is 0.612. The predicted octanol–water partition coefficient (Wildman–Crippen LogP) is 4.41. The van der Waals surface area contributed by atoms with Crippen LogP contribution >= 0.6 is 0 Å². The van der Waals surface area contributed by atoms with Crippen molar-refractivity contribution in [2.75, 3.05) is 0 Å². The van der Waals surface area contributed by atoms with Gasteiger partial charge in [0, 0.05) is 0 Å². The SMILES string of the molecule is CC.CC(C)c1cccc2c1C=CC2. The molecular weight excluding hydrogens is 168 g/mol. The topological polar surface area (TPSA) is 0 Å². The van der Waals surface area contributed by atoms with E-state index in [1.54, 1.807) is 0 Å². The second-order valence-electron chi connectivity index (χ2n) is 3.68. The van der Waals surface area contributed by atoms with Gasteiger partial charge in [-0.25, -0.2) is 0 Å². The van der Waals surface area contributed by atoms with Crippen LogP contribution in [0.25, 0.3) is 6.08 Å². The third-order valence-electron chi connectivity index (χ3n) is 2.47. The first-order valence-corrected chi connectivity index (χ1v) is 5.57. The van der Waals surface area contributed by atoms with E-state index < -0.39 is 0 Å². The molecule has 0 saturated heterocycles. The summed E-state index contributed by atoms with van der Waals surface area (Å²) in [6.45, 7) is 8.50. The Bertz CT molecular complexity index is 319. The maximum absolute atomic E-state index is 2.25. The van der Waals surface area contributed by atoms with Gasteiger partial charge in [-0.15, -0.1) is 0 Å². The summed E-state index contributed by atoms with van der Waals surface area (Å²) in [6, 6.07) is 6.63. The van der Waals surface area contributed by atoms with E-state index in [4.69, 9.17) is 0 Å². The Morgan fingerprint density at radius 2 is 1.86 bits per heavy atom. The lowest BCUT2D eigenvalue weighted by molar-refractivity contribution is 0.862. The molecule has 0 saturated carbocycles. The summed E-state index contributed by atoms with van der Waals surface area (Å²) in [5, 5.41) is 0. The van der Waals surface area contributed by atoms with Gasteiger partial charge in [-0.3, -0.25) is 0 Å². The number of rotatable bonds is 1. The van der Waals surface area contributed by atoms with Crippen molar-refractivity contribution in [3.63, 3.8) is 0 Å². The number of hydrogen-bond acceptors (Lipinski definition) is 0. The average molecular weight is 188 g/mol. The molecule has 1 aliphatic carbocycles. The van der Waals surface area contributed by atoms with Gasteiger partial charge in [-0.2, -0.15) is 0 Å². The number of benzene rings is 1. The molecule has 0 heteroatoms. The largest absolute Gasteiger partial charge is 0.0795 e. The molecule has 0 heterocycles. The number of hydrogen-bond donors (Lipinski definition) is 0. The van der Waals surface area contributed by atoms with Crippen molar-refractivity contribution in [1.82, 2.24) is 0 Å². The monoisotopic (exact) mass is 188 g/mol. The maximum Gasteiger partial charge on any atom is -0.00881 e. The Balaban J connectivity index is 0.000000461. The molecule has 1 aliphatic rings. The molecule has 2 rings (SSSR count). The summed E-state index contributed by atoms with van der Waals surface area (Å²) < 4.78 is 0. The Labute approximate surface area is 87.7 Å². The zero-order chi connectivity index (χ0) is 10.6. The molecule has 1 aromatic carbocycles. The van der Waals surface area contributed by atoms with E-state index in [9.17, 15) is 0 Å². The molecule has 14 heavy (non-hydrogen) atoms. The third kappa shape index (κ3) is 2.06. The Kier molecular flexibility index (Phi) is 3.94. The van der Waals surface area contributed by atoms with Crippen LogP contribution < -0.4 is 0 Å². The van der Waals surface area contributed by atoms with Crippen LogP contribution in [0, 0.1) is 0 Å². The summed E-state index contributed by atoms with van der Waals surface area (Å²) in [6.07, 6.45) is 5.62. The van der Waals surface area contributed by atoms with Crippen molar-refractivity contribution in [2.45, 2.75) is 40.0 Å². The normalized spacial score (nSPS) is 12.4. The summed E-state index contributed by atoms with van der Waals surface area (Å²) in [4.78, 5) is 0. The van der Waals surface area contributed by atoms with Gasteiger partial charge in [0.2, 0.25) is 0 Å². The first kappa shape index (κ1) is 11.0. The summed E-state index contributed by atoms with van der Waals surface area (Å²) in [5.41, 5.74) is 4.44. The van der Waals surface area contributed by atoms with Crippen LogP contribution in [0.5, 0.6) is 0 Å². The highest BCUT2D eigenvalue weighted by Gasteiger charge is 2.10.